The number of anilines is 1. The van der Waals surface area contributed by atoms with Crippen molar-refractivity contribution in [2.24, 2.45) is 0 Å². The van der Waals surface area contributed by atoms with Gasteiger partial charge in [-0.2, -0.15) is 0 Å². The Balaban J connectivity index is 1.68. The number of nitrogens with zero attached hydrogens (tertiary/aromatic N) is 2. The van der Waals surface area contributed by atoms with E-state index < -0.39 is 18.5 Å². The SMILES string of the molecule is CCCn1c(=O)n(CC(=O)OCC(=O)Nc2c(Cl)cccc2Cl)c2ccccc21. The minimum absolute atomic E-state index is 0.246. The van der Waals surface area contributed by atoms with E-state index in [1.807, 2.05) is 19.1 Å². The first-order valence-corrected chi connectivity index (χ1v) is 9.75. The fourth-order valence-corrected chi connectivity index (χ4v) is 3.47. The molecule has 0 radical (unpaired) electrons. The highest BCUT2D eigenvalue weighted by molar-refractivity contribution is 6.39. The van der Waals surface area contributed by atoms with E-state index in [1.54, 1.807) is 34.9 Å². The van der Waals surface area contributed by atoms with Gasteiger partial charge in [0.1, 0.15) is 6.54 Å². The molecule has 0 aliphatic heterocycles. The summed E-state index contributed by atoms with van der Waals surface area (Å²) in [5, 5.41) is 3.05. The molecule has 0 fully saturated rings. The number of amides is 1. The smallest absolute Gasteiger partial charge is 0.329 e. The summed E-state index contributed by atoms with van der Waals surface area (Å²) < 4.78 is 7.99. The maximum Gasteiger partial charge on any atom is 0.329 e. The number of rotatable bonds is 7. The summed E-state index contributed by atoms with van der Waals surface area (Å²) in [6.07, 6.45) is 0.781. The number of aromatic nitrogens is 2. The van der Waals surface area contributed by atoms with E-state index in [2.05, 4.69) is 5.32 Å². The van der Waals surface area contributed by atoms with Crippen LogP contribution in [0, 0.1) is 0 Å². The fourth-order valence-electron chi connectivity index (χ4n) is 2.98. The standard InChI is InChI=1S/C20H19Cl2N3O4/c1-2-10-24-15-8-3-4-9-16(15)25(20(24)28)11-18(27)29-12-17(26)23-19-13(21)6-5-7-14(19)22/h3-9H,2,10-12H2,1H3,(H,23,26). The lowest BCUT2D eigenvalue weighted by Gasteiger charge is -2.09. The van der Waals surface area contributed by atoms with Gasteiger partial charge in [-0.1, -0.05) is 48.3 Å². The lowest BCUT2D eigenvalue weighted by molar-refractivity contribution is -0.147. The fraction of sp³-hybridized carbons (Fsp3) is 0.250. The molecular weight excluding hydrogens is 417 g/mol. The van der Waals surface area contributed by atoms with Crippen LogP contribution in [0.2, 0.25) is 10.0 Å². The molecule has 0 bridgehead atoms. The van der Waals surface area contributed by atoms with Crippen LogP contribution < -0.4 is 11.0 Å². The Kier molecular flexibility index (Phi) is 6.61. The van der Waals surface area contributed by atoms with E-state index >= 15 is 0 Å². The summed E-state index contributed by atoms with van der Waals surface area (Å²) in [7, 11) is 0. The van der Waals surface area contributed by atoms with Gasteiger partial charge in [0.25, 0.3) is 5.91 Å². The third-order valence-corrected chi connectivity index (χ3v) is 4.88. The van der Waals surface area contributed by atoms with Crippen LogP contribution in [0.1, 0.15) is 13.3 Å². The van der Waals surface area contributed by atoms with Gasteiger partial charge in [0.2, 0.25) is 0 Å². The van der Waals surface area contributed by atoms with Gasteiger partial charge in [0, 0.05) is 6.54 Å². The average Bonchev–Trinajstić information content (AvgIpc) is 2.96. The number of ether oxygens (including phenoxy) is 1. The third-order valence-electron chi connectivity index (χ3n) is 4.25. The molecule has 29 heavy (non-hydrogen) atoms. The minimum Gasteiger partial charge on any atom is -0.454 e. The number of hydrogen-bond donors (Lipinski definition) is 1. The van der Waals surface area contributed by atoms with E-state index in [-0.39, 0.29) is 28.0 Å². The molecule has 1 heterocycles. The molecule has 0 aliphatic rings. The molecule has 0 spiro atoms. The Morgan fingerprint density at radius 3 is 2.24 bits per heavy atom. The number of hydrogen-bond acceptors (Lipinski definition) is 4. The molecule has 1 amide bonds. The number of nitrogens with one attached hydrogen (secondary N) is 1. The second-order valence-corrected chi connectivity index (χ2v) is 7.13. The van der Waals surface area contributed by atoms with Gasteiger partial charge >= 0.3 is 11.7 Å². The van der Waals surface area contributed by atoms with Crippen LogP contribution in [0.3, 0.4) is 0 Å². The molecule has 152 valence electrons. The summed E-state index contributed by atoms with van der Waals surface area (Å²) in [6, 6.07) is 12.0. The number of benzene rings is 2. The van der Waals surface area contributed by atoms with Gasteiger partial charge in [-0.25, -0.2) is 4.79 Å². The second-order valence-electron chi connectivity index (χ2n) is 6.31. The second kappa shape index (κ2) is 9.15. The number of imidazole rings is 1. The van der Waals surface area contributed by atoms with E-state index in [9.17, 15) is 14.4 Å². The van der Waals surface area contributed by atoms with Crippen molar-refractivity contribution < 1.29 is 14.3 Å². The molecule has 0 saturated heterocycles. The zero-order valence-corrected chi connectivity index (χ0v) is 17.2. The van der Waals surface area contributed by atoms with Crippen molar-refractivity contribution in [3.05, 3.63) is 63.0 Å². The monoisotopic (exact) mass is 435 g/mol. The zero-order chi connectivity index (χ0) is 21.0. The third kappa shape index (κ3) is 4.63. The van der Waals surface area contributed by atoms with Crippen LogP contribution in [0.15, 0.2) is 47.3 Å². The van der Waals surface area contributed by atoms with Crippen molar-refractivity contribution in [3.63, 3.8) is 0 Å². The van der Waals surface area contributed by atoms with Gasteiger partial charge in [-0.05, 0) is 30.7 Å². The van der Waals surface area contributed by atoms with Crippen molar-refractivity contribution in [2.45, 2.75) is 26.4 Å². The molecule has 1 N–H and O–H groups in total. The van der Waals surface area contributed by atoms with Crippen LogP contribution in [0.25, 0.3) is 11.0 Å². The highest BCUT2D eigenvalue weighted by Crippen LogP contribution is 2.29. The lowest BCUT2D eigenvalue weighted by atomic mass is 10.3. The highest BCUT2D eigenvalue weighted by Gasteiger charge is 2.17. The maximum atomic E-state index is 12.7. The Morgan fingerprint density at radius 1 is 1.00 bits per heavy atom. The molecule has 0 aliphatic carbocycles. The zero-order valence-electron chi connectivity index (χ0n) is 15.7. The molecule has 7 nitrogen and oxygen atoms in total. The van der Waals surface area contributed by atoms with Gasteiger partial charge in [0.15, 0.2) is 6.61 Å². The number of para-hydroxylation sites is 3. The molecule has 0 unspecified atom stereocenters. The first-order chi connectivity index (χ1) is 13.9. The number of fused-ring (bicyclic) bond motifs is 1. The van der Waals surface area contributed by atoms with E-state index in [1.165, 1.54) is 4.57 Å². The van der Waals surface area contributed by atoms with Gasteiger partial charge in [0.05, 0.1) is 26.8 Å². The summed E-state index contributed by atoms with van der Waals surface area (Å²) >= 11 is 12.0. The number of aryl methyl sites for hydroxylation is 1. The highest BCUT2D eigenvalue weighted by atomic mass is 35.5. The normalized spacial score (nSPS) is 10.9. The van der Waals surface area contributed by atoms with Crippen molar-refractivity contribution in [2.75, 3.05) is 11.9 Å². The number of halogens is 2. The Labute approximate surface area is 176 Å². The van der Waals surface area contributed by atoms with Gasteiger partial charge < -0.3 is 10.1 Å². The summed E-state index contributed by atoms with van der Waals surface area (Å²) in [6.45, 7) is 1.69. The maximum absolute atomic E-state index is 12.7. The van der Waals surface area contributed by atoms with Crippen molar-refractivity contribution >= 4 is 51.8 Å². The Morgan fingerprint density at radius 2 is 1.62 bits per heavy atom. The van der Waals surface area contributed by atoms with Crippen LogP contribution in [-0.4, -0.2) is 27.6 Å². The van der Waals surface area contributed by atoms with E-state index in [0.717, 1.165) is 11.9 Å². The van der Waals surface area contributed by atoms with Gasteiger partial charge in [-0.15, -0.1) is 0 Å². The summed E-state index contributed by atoms with van der Waals surface area (Å²) in [5.41, 5.74) is 1.33. The van der Waals surface area contributed by atoms with E-state index in [4.69, 9.17) is 27.9 Å². The predicted octanol–water partition coefficient (Wildman–Crippen LogP) is 3.70. The molecule has 0 atom stereocenters. The van der Waals surface area contributed by atoms with Crippen LogP contribution >= 0.6 is 23.2 Å². The molecule has 0 saturated carbocycles. The average molecular weight is 436 g/mol. The first-order valence-electron chi connectivity index (χ1n) is 9.00. The summed E-state index contributed by atoms with van der Waals surface area (Å²) in [4.78, 5) is 37.0. The van der Waals surface area contributed by atoms with Crippen LogP contribution in [0.5, 0.6) is 0 Å². The first kappa shape index (κ1) is 21.0. The molecule has 3 rings (SSSR count). The number of carbonyl (C=O) groups excluding carboxylic acids is 2. The minimum atomic E-state index is -0.702. The van der Waals surface area contributed by atoms with Crippen LogP contribution in [-0.2, 0) is 27.4 Å². The molecule has 9 heteroatoms. The van der Waals surface area contributed by atoms with Crippen molar-refractivity contribution in [3.8, 4) is 0 Å². The van der Waals surface area contributed by atoms with Crippen LogP contribution in [0.4, 0.5) is 5.69 Å². The largest absolute Gasteiger partial charge is 0.454 e. The quantitative estimate of drug-likeness (QED) is 0.573. The predicted molar refractivity (Wildman–Crippen MR) is 113 cm³/mol. The number of esters is 1. The molecular formula is C20H19Cl2N3O4. The topological polar surface area (TPSA) is 82.3 Å². The Bertz CT molecular complexity index is 1100. The Hall–Kier alpha value is -2.77. The lowest BCUT2D eigenvalue weighted by Crippen LogP contribution is -2.29. The summed E-state index contributed by atoms with van der Waals surface area (Å²) in [5.74, 6) is -1.29. The molecule has 3 aromatic rings. The van der Waals surface area contributed by atoms with Gasteiger partial charge in [-0.3, -0.25) is 18.7 Å². The number of carbonyl (C=O) groups is 2. The molecule has 2 aromatic carbocycles. The van der Waals surface area contributed by atoms with Crippen molar-refractivity contribution in [1.82, 2.24) is 9.13 Å². The van der Waals surface area contributed by atoms with Crippen molar-refractivity contribution in [1.29, 1.82) is 0 Å². The van der Waals surface area contributed by atoms with E-state index in [0.29, 0.717) is 12.1 Å². The molecule has 1 aromatic heterocycles.